The van der Waals surface area contributed by atoms with Crippen molar-refractivity contribution >= 4 is 5.97 Å². The number of esters is 1. The maximum absolute atomic E-state index is 11.0. The number of aliphatic hydroxyl groups excluding tert-OH is 1. The summed E-state index contributed by atoms with van der Waals surface area (Å²) < 4.78 is 4.94. The van der Waals surface area contributed by atoms with Gasteiger partial charge in [-0.25, -0.2) is 0 Å². The number of aliphatic hydroxyl groups is 1. The molecule has 1 fully saturated rings. The topological polar surface area (TPSA) is 46.5 Å². The lowest BCUT2D eigenvalue weighted by molar-refractivity contribution is -0.147. The average molecular weight is 158 g/mol. The molecule has 1 aliphatic heterocycles. The van der Waals surface area contributed by atoms with Gasteiger partial charge in [-0.1, -0.05) is 6.92 Å². The summed E-state index contributed by atoms with van der Waals surface area (Å²) in [6.45, 7) is 3.60. The number of hydrogen-bond donors (Lipinski definition) is 1. The van der Waals surface area contributed by atoms with Crippen LogP contribution in [-0.4, -0.2) is 23.3 Å². The standard InChI is InChI=1S/C8H14O3/c1-3-6-4-7(5(2)9)11-8(6)10/h5-7,9H,3-4H2,1-2H3. The minimum atomic E-state index is -0.532. The Kier molecular flexibility index (Phi) is 2.49. The van der Waals surface area contributed by atoms with Crippen molar-refractivity contribution in [1.29, 1.82) is 0 Å². The van der Waals surface area contributed by atoms with Crippen molar-refractivity contribution in [2.24, 2.45) is 5.92 Å². The van der Waals surface area contributed by atoms with Crippen LogP contribution in [0.2, 0.25) is 0 Å². The second-order valence-electron chi connectivity index (χ2n) is 3.06. The fourth-order valence-electron chi connectivity index (χ4n) is 1.30. The van der Waals surface area contributed by atoms with Crippen molar-refractivity contribution in [3.05, 3.63) is 0 Å². The molecule has 3 heteroatoms. The summed E-state index contributed by atoms with van der Waals surface area (Å²) in [5, 5.41) is 9.11. The van der Waals surface area contributed by atoms with Gasteiger partial charge in [0.25, 0.3) is 0 Å². The molecule has 64 valence electrons. The molecule has 0 aromatic carbocycles. The van der Waals surface area contributed by atoms with Crippen molar-refractivity contribution in [3.8, 4) is 0 Å². The summed E-state index contributed by atoms with van der Waals surface area (Å²) in [5.74, 6) is -0.145. The van der Waals surface area contributed by atoms with Crippen LogP contribution in [0.1, 0.15) is 26.7 Å². The van der Waals surface area contributed by atoms with E-state index in [9.17, 15) is 4.79 Å². The first-order valence-corrected chi connectivity index (χ1v) is 4.03. The largest absolute Gasteiger partial charge is 0.459 e. The Labute approximate surface area is 66.4 Å². The Morgan fingerprint density at radius 2 is 2.45 bits per heavy atom. The van der Waals surface area contributed by atoms with E-state index in [1.54, 1.807) is 6.92 Å². The van der Waals surface area contributed by atoms with Gasteiger partial charge in [0, 0.05) is 6.42 Å². The van der Waals surface area contributed by atoms with Crippen LogP contribution >= 0.6 is 0 Å². The van der Waals surface area contributed by atoms with Gasteiger partial charge in [-0.3, -0.25) is 4.79 Å². The van der Waals surface area contributed by atoms with Crippen molar-refractivity contribution < 1.29 is 14.6 Å². The number of ether oxygens (including phenoxy) is 1. The van der Waals surface area contributed by atoms with Crippen LogP contribution in [0.3, 0.4) is 0 Å². The van der Waals surface area contributed by atoms with Gasteiger partial charge in [0.05, 0.1) is 12.0 Å². The van der Waals surface area contributed by atoms with Crippen molar-refractivity contribution in [1.82, 2.24) is 0 Å². The van der Waals surface area contributed by atoms with Crippen LogP contribution in [-0.2, 0) is 9.53 Å². The summed E-state index contributed by atoms with van der Waals surface area (Å²) in [6.07, 6.45) is 0.678. The summed E-state index contributed by atoms with van der Waals surface area (Å²) in [6, 6.07) is 0. The smallest absolute Gasteiger partial charge is 0.309 e. The first kappa shape index (κ1) is 8.53. The molecule has 0 aromatic heterocycles. The molecule has 0 spiro atoms. The maximum atomic E-state index is 11.0. The third kappa shape index (κ3) is 1.71. The predicted octanol–water partition coefficient (Wildman–Crippen LogP) is 0.709. The van der Waals surface area contributed by atoms with Gasteiger partial charge in [-0.05, 0) is 13.3 Å². The van der Waals surface area contributed by atoms with E-state index in [1.165, 1.54) is 0 Å². The van der Waals surface area contributed by atoms with Crippen molar-refractivity contribution in [2.75, 3.05) is 0 Å². The monoisotopic (exact) mass is 158 g/mol. The summed E-state index contributed by atoms with van der Waals surface area (Å²) in [4.78, 5) is 11.0. The second-order valence-corrected chi connectivity index (χ2v) is 3.06. The summed E-state index contributed by atoms with van der Waals surface area (Å²) in [5.41, 5.74) is 0. The molecule has 1 N–H and O–H groups in total. The van der Waals surface area contributed by atoms with Gasteiger partial charge in [-0.2, -0.15) is 0 Å². The Morgan fingerprint density at radius 3 is 2.73 bits per heavy atom. The second kappa shape index (κ2) is 3.22. The lowest BCUT2D eigenvalue weighted by Gasteiger charge is -2.10. The Balaban J connectivity index is 2.49. The fourth-order valence-corrected chi connectivity index (χ4v) is 1.30. The van der Waals surface area contributed by atoms with E-state index in [4.69, 9.17) is 9.84 Å². The highest BCUT2D eigenvalue weighted by Crippen LogP contribution is 2.25. The van der Waals surface area contributed by atoms with Crippen LogP contribution in [0.5, 0.6) is 0 Å². The number of cyclic esters (lactones) is 1. The minimum Gasteiger partial charge on any atom is -0.459 e. The molecule has 0 bridgehead atoms. The molecule has 3 atom stereocenters. The molecule has 3 nitrogen and oxygen atoms in total. The number of rotatable bonds is 2. The summed E-state index contributed by atoms with van der Waals surface area (Å²) >= 11 is 0. The lowest BCUT2D eigenvalue weighted by atomic mass is 10.0. The van der Waals surface area contributed by atoms with Crippen molar-refractivity contribution in [3.63, 3.8) is 0 Å². The molecule has 3 unspecified atom stereocenters. The van der Waals surface area contributed by atoms with Gasteiger partial charge >= 0.3 is 5.97 Å². The van der Waals surface area contributed by atoms with Crippen LogP contribution in [0.15, 0.2) is 0 Å². The quantitative estimate of drug-likeness (QED) is 0.602. The van der Waals surface area contributed by atoms with Crippen molar-refractivity contribution in [2.45, 2.75) is 38.9 Å². The molecule has 0 saturated carbocycles. The SMILES string of the molecule is CCC1CC(C(C)O)OC1=O. The fraction of sp³-hybridized carbons (Fsp3) is 0.875. The van der Waals surface area contributed by atoms with E-state index < -0.39 is 6.10 Å². The Hall–Kier alpha value is -0.570. The molecule has 0 aromatic rings. The Morgan fingerprint density at radius 1 is 1.82 bits per heavy atom. The van der Waals surface area contributed by atoms with Crippen LogP contribution in [0, 0.1) is 5.92 Å². The molecule has 1 heterocycles. The van der Waals surface area contributed by atoms with E-state index in [2.05, 4.69) is 0 Å². The Bertz CT molecular complexity index is 153. The third-order valence-corrected chi connectivity index (χ3v) is 2.15. The van der Waals surface area contributed by atoms with Gasteiger partial charge in [-0.15, -0.1) is 0 Å². The predicted molar refractivity (Wildman–Crippen MR) is 40.0 cm³/mol. The van der Waals surface area contributed by atoms with E-state index >= 15 is 0 Å². The average Bonchev–Trinajstić information content (AvgIpc) is 2.31. The minimum absolute atomic E-state index is 0.00889. The maximum Gasteiger partial charge on any atom is 0.309 e. The number of carbonyl (C=O) groups excluding carboxylic acids is 1. The highest BCUT2D eigenvalue weighted by Gasteiger charge is 2.35. The van der Waals surface area contributed by atoms with Crippen LogP contribution < -0.4 is 0 Å². The first-order chi connectivity index (χ1) is 5.15. The number of hydrogen-bond acceptors (Lipinski definition) is 3. The molecule has 1 saturated heterocycles. The molecule has 0 radical (unpaired) electrons. The van der Waals surface area contributed by atoms with E-state index in [0.29, 0.717) is 6.42 Å². The van der Waals surface area contributed by atoms with Gasteiger partial charge in [0.2, 0.25) is 0 Å². The van der Waals surface area contributed by atoms with Gasteiger partial charge in [0.15, 0.2) is 0 Å². The third-order valence-electron chi connectivity index (χ3n) is 2.15. The highest BCUT2D eigenvalue weighted by molar-refractivity contribution is 5.74. The number of carbonyl (C=O) groups is 1. The van der Waals surface area contributed by atoms with Crippen LogP contribution in [0.4, 0.5) is 0 Å². The highest BCUT2D eigenvalue weighted by atomic mass is 16.6. The van der Waals surface area contributed by atoms with E-state index in [-0.39, 0.29) is 18.0 Å². The van der Waals surface area contributed by atoms with Gasteiger partial charge in [0.1, 0.15) is 6.10 Å². The summed E-state index contributed by atoms with van der Waals surface area (Å²) in [7, 11) is 0. The zero-order valence-corrected chi connectivity index (χ0v) is 6.91. The molecule has 0 aliphatic carbocycles. The molecular formula is C8H14O3. The molecule has 11 heavy (non-hydrogen) atoms. The molecule has 0 amide bonds. The van der Waals surface area contributed by atoms with Crippen LogP contribution in [0.25, 0.3) is 0 Å². The van der Waals surface area contributed by atoms with E-state index in [1.807, 2.05) is 6.92 Å². The zero-order chi connectivity index (χ0) is 8.43. The van der Waals surface area contributed by atoms with Gasteiger partial charge < -0.3 is 9.84 Å². The molecule has 1 rings (SSSR count). The normalized spacial score (nSPS) is 33.5. The zero-order valence-electron chi connectivity index (χ0n) is 6.91. The lowest BCUT2D eigenvalue weighted by Crippen LogP contribution is -2.21. The van der Waals surface area contributed by atoms with E-state index in [0.717, 1.165) is 6.42 Å². The molecular weight excluding hydrogens is 144 g/mol. The molecule has 1 aliphatic rings. The first-order valence-electron chi connectivity index (χ1n) is 4.03.